The van der Waals surface area contributed by atoms with Crippen molar-refractivity contribution in [3.63, 3.8) is 0 Å². The van der Waals surface area contributed by atoms with Crippen molar-refractivity contribution in [3.05, 3.63) is 60.2 Å². The molecule has 0 spiro atoms. The molecule has 1 fully saturated rings. The highest BCUT2D eigenvalue weighted by Crippen LogP contribution is 2.22. The van der Waals surface area contributed by atoms with E-state index in [1.165, 1.54) is 16.4 Å². The number of nitrogens with zero attached hydrogens (tertiary/aromatic N) is 1. The van der Waals surface area contributed by atoms with Crippen LogP contribution >= 0.6 is 0 Å². The van der Waals surface area contributed by atoms with Gasteiger partial charge >= 0.3 is 0 Å². The Hall–Kier alpha value is -1.94. The zero-order valence-electron chi connectivity index (χ0n) is 15.5. The summed E-state index contributed by atoms with van der Waals surface area (Å²) in [5.41, 5.74) is 0.714. The molecule has 0 atom stereocenters. The highest BCUT2D eigenvalue weighted by Gasteiger charge is 2.26. The second kappa shape index (κ2) is 9.04. The van der Waals surface area contributed by atoms with Crippen LogP contribution in [0.25, 0.3) is 0 Å². The number of hydrogen-bond acceptors (Lipinski definition) is 5. The molecule has 1 aliphatic heterocycles. The van der Waals surface area contributed by atoms with E-state index in [1.807, 2.05) is 6.07 Å². The Morgan fingerprint density at radius 1 is 0.893 bits per heavy atom. The largest absolute Gasteiger partial charge is 0.492 e. The Labute approximate surface area is 166 Å². The van der Waals surface area contributed by atoms with Crippen LogP contribution in [0.1, 0.15) is 18.4 Å². The van der Waals surface area contributed by atoms with Crippen LogP contribution in [-0.4, -0.2) is 47.4 Å². The summed E-state index contributed by atoms with van der Waals surface area (Å²) in [5, 5.41) is 0. The fourth-order valence-electron chi connectivity index (χ4n) is 3.00. The molecule has 7 nitrogen and oxygen atoms in total. The van der Waals surface area contributed by atoms with E-state index in [1.54, 1.807) is 36.4 Å². The Morgan fingerprint density at radius 3 is 2.18 bits per heavy atom. The van der Waals surface area contributed by atoms with Crippen molar-refractivity contribution in [1.29, 1.82) is 0 Å². The molecule has 0 amide bonds. The summed E-state index contributed by atoms with van der Waals surface area (Å²) < 4.78 is 58.6. The Balaban J connectivity index is 1.47. The van der Waals surface area contributed by atoms with Crippen LogP contribution in [0.4, 0.5) is 0 Å². The van der Waals surface area contributed by atoms with E-state index in [9.17, 15) is 16.8 Å². The van der Waals surface area contributed by atoms with Crippen LogP contribution in [-0.2, 0) is 25.8 Å². The third-order valence-electron chi connectivity index (χ3n) is 4.42. The van der Waals surface area contributed by atoms with Gasteiger partial charge in [0.1, 0.15) is 12.4 Å². The van der Waals surface area contributed by atoms with E-state index in [4.69, 9.17) is 4.74 Å². The van der Waals surface area contributed by atoms with Crippen LogP contribution in [0.2, 0.25) is 0 Å². The molecule has 152 valence electrons. The Bertz CT molecular complexity index is 969. The van der Waals surface area contributed by atoms with Crippen molar-refractivity contribution >= 4 is 20.0 Å². The van der Waals surface area contributed by atoms with Crippen LogP contribution < -0.4 is 9.46 Å². The van der Waals surface area contributed by atoms with Gasteiger partial charge in [-0.1, -0.05) is 30.3 Å². The third kappa shape index (κ3) is 5.54. The van der Waals surface area contributed by atoms with E-state index >= 15 is 0 Å². The maximum absolute atomic E-state index is 12.5. The summed E-state index contributed by atoms with van der Waals surface area (Å²) in [4.78, 5) is 0.241. The zero-order chi connectivity index (χ0) is 20.0. The van der Waals surface area contributed by atoms with Gasteiger partial charge in [0, 0.05) is 19.6 Å². The molecular formula is C19H24N2O5S2. The highest BCUT2D eigenvalue weighted by molar-refractivity contribution is 7.89. The Kier molecular flexibility index (Phi) is 6.71. The minimum atomic E-state index is -3.44. The fraction of sp³-hybridized carbons (Fsp3) is 0.368. The van der Waals surface area contributed by atoms with Gasteiger partial charge in [0.2, 0.25) is 20.0 Å². The van der Waals surface area contributed by atoms with E-state index in [2.05, 4.69) is 4.72 Å². The molecule has 0 saturated carbocycles. The first-order valence-corrected chi connectivity index (χ1v) is 12.2. The lowest BCUT2D eigenvalue weighted by Gasteiger charge is -2.15. The van der Waals surface area contributed by atoms with E-state index < -0.39 is 20.0 Å². The maximum atomic E-state index is 12.5. The van der Waals surface area contributed by atoms with Gasteiger partial charge in [-0.25, -0.2) is 21.6 Å². The summed E-state index contributed by atoms with van der Waals surface area (Å²) >= 11 is 0. The summed E-state index contributed by atoms with van der Waals surface area (Å²) in [6, 6.07) is 15.1. The first-order chi connectivity index (χ1) is 13.4. The second-order valence-corrected chi connectivity index (χ2v) is 10.3. The second-order valence-electron chi connectivity index (χ2n) is 6.57. The SMILES string of the molecule is O=S(=O)(Cc1ccccc1)NCCOc1ccc(S(=O)(=O)N2CCCC2)cc1. The summed E-state index contributed by atoms with van der Waals surface area (Å²) in [7, 11) is -6.88. The molecule has 2 aromatic carbocycles. The summed E-state index contributed by atoms with van der Waals surface area (Å²) in [6.45, 7) is 1.39. The molecule has 0 unspecified atom stereocenters. The fourth-order valence-corrected chi connectivity index (χ4v) is 5.64. The summed E-state index contributed by atoms with van der Waals surface area (Å²) in [5.74, 6) is 0.402. The predicted molar refractivity (Wildman–Crippen MR) is 107 cm³/mol. The normalized spacial score (nSPS) is 15.6. The smallest absolute Gasteiger partial charge is 0.243 e. The van der Waals surface area contributed by atoms with E-state index in [-0.39, 0.29) is 23.8 Å². The van der Waals surface area contributed by atoms with Gasteiger partial charge in [-0.2, -0.15) is 4.31 Å². The van der Waals surface area contributed by atoms with E-state index in [0.29, 0.717) is 24.4 Å². The number of hydrogen-bond donors (Lipinski definition) is 1. The van der Waals surface area contributed by atoms with Crippen molar-refractivity contribution in [2.45, 2.75) is 23.5 Å². The van der Waals surface area contributed by atoms with Gasteiger partial charge in [0.05, 0.1) is 10.6 Å². The molecule has 1 aliphatic rings. The van der Waals surface area contributed by atoms with Crippen molar-refractivity contribution in [2.24, 2.45) is 0 Å². The molecule has 0 aromatic heterocycles. The van der Waals surface area contributed by atoms with Crippen LogP contribution in [0.3, 0.4) is 0 Å². The molecule has 1 saturated heterocycles. The van der Waals surface area contributed by atoms with Gasteiger partial charge in [-0.15, -0.1) is 0 Å². The van der Waals surface area contributed by atoms with E-state index in [0.717, 1.165) is 12.8 Å². The monoisotopic (exact) mass is 424 g/mol. The van der Waals surface area contributed by atoms with Gasteiger partial charge < -0.3 is 4.74 Å². The molecule has 28 heavy (non-hydrogen) atoms. The van der Waals surface area contributed by atoms with Crippen molar-refractivity contribution in [1.82, 2.24) is 9.03 Å². The topological polar surface area (TPSA) is 92.8 Å². The standard InChI is InChI=1S/C19H24N2O5S2/c22-27(23,16-17-6-2-1-3-7-17)20-12-15-26-18-8-10-19(11-9-18)28(24,25)21-13-4-5-14-21/h1-3,6-11,20H,4-5,12-16H2. The maximum Gasteiger partial charge on any atom is 0.243 e. The number of nitrogens with one attached hydrogen (secondary N) is 1. The average Bonchev–Trinajstić information content (AvgIpc) is 3.22. The van der Waals surface area contributed by atoms with Gasteiger partial charge in [0.25, 0.3) is 0 Å². The Morgan fingerprint density at radius 2 is 1.54 bits per heavy atom. The molecule has 3 rings (SSSR count). The van der Waals surface area contributed by atoms with Gasteiger partial charge in [-0.3, -0.25) is 0 Å². The molecule has 0 radical (unpaired) electrons. The lowest BCUT2D eigenvalue weighted by molar-refractivity contribution is 0.322. The highest BCUT2D eigenvalue weighted by atomic mass is 32.2. The van der Waals surface area contributed by atoms with Crippen molar-refractivity contribution in [3.8, 4) is 5.75 Å². The molecule has 1 N–H and O–H groups in total. The molecular weight excluding hydrogens is 400 g/mol. The number of sulfonamides is 2. The minimum absolute atomic E-state index is 0.0864. The minimum Gasteiger partial charge on any atom is -0.492 e. The molecule has 2 aromatic rings. The first kappa shape index (κ1) is 20.8. The lowest BCUT2D eigenvalue weighted by Crippen LogP contribution is -2.29. The average molecular weight is 425 g/mol. The molecule has 1 heterocycles. The summed E-state index contributed by atoms with van der Waals surface area (Å²) in [6.07, 6.45) is 1.78. The van der Waals surface area contributed by atoms with Crippen LogP contribution in [0, 0.1) is 0 Å². The number of ether oxygens (including phenoxy) is 1. The van der Waals surface area contributed by atoms with Crippen LogP contribution in [0.5, 0.6) is 5.75 Å². The van der Waals surface area contributed by atoms with Gasteiger partial charge in [0.15, 0.2) is 0 Å². The van der Waals surface area contributed by atoms with Gasteiger partial charge in [-0.05, 0) is 42.7 Å². The first-order valence-electron chi connectivity index (χ1n) is 9.11. The molecule has 0 bridgehead atoms. The quantitative estimate of drug-likeness (QED) is 0.621. The van der Waals surface area contributed by atoms with Crippen LogP contribution in [0.15, 0.2) is 59.5 Å². The third-order valence-corrected chi connectivity index (χ3v) is 7.69. The molecule has 9 heteroatoms. The van der Waals surface area contributed by atoms with Crippen molar-refractivity contribution in [2.75, 3.05) is 26.2 Å². The number of benzene rings is 2. The number of rotatable bonds is 9. The lowest BCUT2D eigenvalue weighted by atomic mass is 10.2. The molecule has 0 aliphatic carbocycles. The zero-order valence-corrected chi connectivity index (χ0v) is 17.1. The van der Waals surface area contributed by atoms with Crippen molar-refractivity contribution < 1.29 is 21.6 Å². The predicted octanol–water partition coefficient (Wildman–Crippen LogP) is 1.97.